The number of thioether (sulfide) groups is 1. The molecule has 1 amide bonds. The van der Waals surface area contributed by atoms with E-state index < -0.39 is 17.2 Å². The first-order chi connectivity index (χ1) is 16.4. The van der Waals surface area contributed by atoms with Gasteiger partial charge in [-0.15, -0.1) is 10.2 Å². The zero-order valence-electron chi connectivity index (χ0n) is 18.8. The van der Waals surface area contributed by atoms with Crippen molar-refractivity contribution in [3.63, 3.8) is 0 Å². The van der Waals surface area contributed by atoms with Gasteiger partial charge in [0.15, 0.2) is 11.0 Å². The van der Waals surface area contributed by atoms with Crippen molar-refractivity contribution in [2.24, 2.45) is 14.1 Å². The van der Waals surface area contributed by atoms with E-state index in [1.165, 1.54) is 36.5 Å². The molecule has 2 aromatic carbocycles. The normalized spacial score (nSPS) is 10.8. The predicted molar refractivity (Wildman–Crippen MR) is 130 cm³/mol. The molecule has 0 spiro atoms. The molecule has 0 aliphatic rings. The van der Waals surface area contributed by atoms with Crippen molar-refractivity contribution < 1.29 is 9.53 Å². The van der Waals surface area contributed by atoms with Crippen molar-refractivity contribution in [3.05, 3.63) is 81.5 Å². The van der Waals surface area contributed by atoms with Gasteiger partial charge in [-0.05, 0) is 24.3 Å². The van der Waals surface area contributed by atoms with Gasteiger partial charge in [0.25, 0.3) is 5.56 Å². The van der Waals surface area contributed by atoms with Crippen LogP contribution < -0.4 is 21.3 Å². The van der Waals surface area contributed by atoms with E-state index >= 15 is 0 Å². The highest BCUT2D eigenvalue weighted by Crippen LogP contribution is 2.33. The molecule has 34 heavy (non-hydrogen) atoms. The van der Waals surface area contributed by atoms with Crippen molar-refractivity contribution in [1.82, 2.24) is 23.9 Å². The molecule has 174 valence electrons. The number of hydrogen-bond donors (Lipinski definition) is 1. The Hall–Kier alpha value is -4.12. The third-order valence-corrected chi connectivity index (χ3v) is 6.05. The number of nitrogens with zero attached hydrogens (tertiary/aromatic N) is 5. The molecule has 0 radical (unpaired) electrons. The molecule has 4 rings (SSSR count). The summed E-state index contributed by atoms with van der Waals surface area (Å²) in [5.74, 6) is 0.932. The van der Waals surface area contributed by atoms with Crippen LogP contribution in [-0.2, 0) is 18.9 Å². The number of aromatic nitrogens is 5. The fourth-order valence-corrected chi connectivity index (χ4v) is 4.09. The standard InChI is InChI=1S/C23H22N6O4S/c1-27-18(13-20(31)28(2)23(27)32)24-19(30)14-34-22-26-25-21(16-11-7-8-12-17(16)33-3)29(22)15-9-5-4-6-10-15/h4-13H,14H2,1-3H3,(H,24,30). The van der Waals surface area contributed by atoms with Gasteiger partial charge in [-0.25, -0.2) is 4.79 Å². The van der Waals surface area contributed by atoms with Gasteiger partial charge in [0.1, 0.15) is 11.6 Å². The number of amides is 1. The summed E-state index contributed by atoms with van der Waals surface area (Å²) in [7, 11) is 4.45. The number of anilines is 1. The van der Waals surface area contributed by atoms with E-state index in [-0.39, 0.29) is 11.6 Å². The quantitative estimate of drug-likeness (QED) is 0.405. The van der Waals surface area contributed by atoms with Crippen LogP contribution in [0.15, 0.2) is 75.4 Å². The first-order valence-corrected chi connectivity index (χ1v) is 11.2. The lowest BCUT2D eigenvalue weighted by molar-refractivity contribution is -0.113. The van der Waals surface area contributed by atoms with E-state index in [2.05, 4.69) is 15.5 Å². The van der Waals surface area contributed by atoms with Gasteiger partial charge in [-0.2, -0.15) is 0 Å². The van der Waals surface area contributed by atoms with Crippen LogP contribution in [0.3, 0.4) is 0 Å². The van der Waals surface area contributed by atoms with Gasteiger partial charge in [-0.1, -0.05) is 42.1 Å². The Morgan fingerprint density at radius 2 is 1.71 bits per heavy atom. The van der Waals surface area contributed by atoms with Gasteiger partial charge in [0.2, 0.25) is 5.91 Å². The molecule has 2 aromatic heterocycles. The van der Waals surface area contributed by atoms with E-state index in [0.717, 1.165) is 15.8 Å². The molecule has 11 heteroatoms. The number of hydrogen-bond acceptors (Lipinski definition) is 7. The number of rotatable bonds is 7. The Morgan fingerprint density at radius 1 is 1.00 bits per heavy atom. The molecule has 2 heterocycles. The Kier molecular flexibility index (Phi) is 6.64. The van der Waals surface area contributed by atoms with Gasteiger partial charge in [0, 0.05) is 25.8 Å². The van der Waals surface area contributed by atoms with Crippen LogP contribution in [0.5, 0.6) is 5.75 Å². The van der Waals surface area contributed by atoms with Crippen LogP contribution in [0.25, 0.3) is 17.1 Å². The highest BCUT2D eigenvalue weighted by molar-refractivity contribution is 7.99. The highest BCUT2D eigenvalue weighted by atomic mass is 32.2. The molecule has 10 nitrogen and oxygen atoms in total. The first kappa shape index (κ1) is 23.1. The fourth-order valence-electron chi connectivity index (χ4n) is 3.34. The lowest BCUT2D eigenvalue weighted by Gasteiger charge is -2.13. The van der Waals surface area contributed by atoms with Gasteiger partial charge in [0.05, 0.1) is 18.4 Å². The number of nitrogens with one attached hydrogen (secondary N) is 1. The van der Waals surface area contributed by atoms with Crippen molar-refractivity contribution in [1.29, 1.82) is 0 Å². The minimum absolute atomic E-state index is 0.0136. The monoisotopic (exact) mass is 478 g/mol. The van der Waals surface area contributed by atoms with E-state index in [9.17, 15) is 14.4 Å². The van der Waals surface area contributed by atoms with Crippen LogP contribution in [0.4, 0.5) is 5.82 Å². The average molecular weight is 479 g/mol. The molecule has 0 unspecified atom stereocenters. The SMILES string of the molecule is COc1ccccc1-c1nnc(SCC(=O)Nc2cc(=O)n(C)c(=O)n2C)n1-c1ccccc1. The second kappa shape index (κ2) is 9.79. The summed E-state index contributed by atoms with van der Waals surface area (Å²) in [5.41, 5.74) is 0.551. The second-order valence-electron chi connectivity index (χ2n) is 7.28. The average Bonchev–Trinajstić information content (AvgIpc) is 3.29. The molecular formula is C23H22N6O4S. The molecule has 4 aromatic rings. The molecule has 0 atom stereocenters. The van der Waals surface area contributed by atoms with E-state index in [1.54, 1.807) is 7.11 Å². The van der Waals surface area contributed by atoms with Gasteiger partial charge >= 0.3 is 5.69 Å². The minimum Gasteiger partial charge on any atom is -0.496 e. The Balaban J connectivity index is 1.63. The maximum absolute atomic E-state index is 12.6. The van der Waals surface area contributed by atoms with Crippen molar-refractivity contribution >= 4 is 23.5 Å². The van der Waals surface area contributed by atoms with Crippen LogP contribution in [0, 0.1) is 0 Å². The zero-order chi connectivity index (χ0) is 24.2. The summed E-state index contributed by atoms with van der Waals surface area (Å²) >= 11 is 1.18. The second-order valence-corrected chi connectivity index (χ2v) is 8.23. The van der Waals surface area contributed by atoms with Gasteiger partial charge < -0.3 is 10.1 Å². The Bertz CT molecular complexity index is 1460. The topological polar surface area (TPSA) is 113 Å². The maximum Gasteiger partial charge on any atom is 0.332 e. The molecule has 0 aliphatic carbocycles. The summed E-state index contributed by atoms with van der Waals surface area (Å²) < 4.78 is 9.52. The molecule has 0 saturated carbocycles. The number of carbonyl (C=O) groups excluding carboxylic acids is 1. The molecule has 0 saturated heterocycles. The summed E-state index contributed by atoms with van der Waals surface area (Å²) in [5, 5.41) is 11.8. The van der Waals surface area contributed by atoms with Crippen LogP contribution in [0.1, 0.15) is 0 Å². The lowest BCUT2D eigenvalue weighted by atomic mass is 10.2. The zero-order valence-corrected chi connectivity index (χ0v) is 19.6. The first-order valence-electron chi connectivity index (χ1n) is 10.2. The van der Waals surface area contributed by atoms with Crippen molar-refractivity contribution in [2.45, 2.75) is 5.16 Å². The number of carbonyl (C=O) groups is 1. The fraction of sp³-hybridized carbons (Fsp3) is 0.174. The van der Waals surface area contributed by atoms with E-state index in [1.807, 2.05) is 59.2 Å². The number of para-hydroxylation sites is 2. The van der Waals surface area contributed by atoms with Crippen LogP contribution in [-0.4, -0.2) is 42.7 Å². The predicted octanol–water partition coefficient (Wildman–Crippen LogP) is 2.07. The summed E-state index contributed by atoms with van der Waals surface area (Å²) in [4.78, 5) is 36.7. The van der Waals surface area contributed by atoms with E-state index in [0.29, 0.717) is 16.7 Å². The van der Waals surface area contributed by atoms with Crippen LogP contribution >= 0.6 is 11.8 Å². The highest BCUT2D eigenvalue weighted by Gasteiger charge is 2.20. The number of benzene rings is 2. The summed E-state index contributed by atoms with van der Waals surface area (Å²) in [6, 6.07) is 18.2. The van der Waals surface area contributed by atoms with E-state index in [4.69, 9.17) is 4.74 Å². The van der Waals surface area contributed by atoms with Crippen molar-refractivity contribution in [3.8, 4) is 22.8 Å². The Morgan fingerprint density at radius 3 is 2.44 bits per heavy atom. The number of ether oxygens (including phenoxy) is 1. The van der Waals surface area contributed by atoms with Crippen molar-refractivity contribution in [2.75, 3.05) is 18.2 Å². The summed E-state index contributed by atoms with van der Waals surface area (Å²) in [6.07, 6.45) is 0. The lowest BCUT2D eigenvalue weighted by Crippen LogP contribution is -2.38. The molecule has 0 fully saturated rings. The summed E-state index contributed by atoms with van der Waals surface area (Å²) in [6.45, 7) is 0. The molecule has 0 aliphatic heterocycles. The largest absolute Gasteiger partial charge is 0.496 e. The molecule has 1 N–H and O–H groups in total. The third kappa shape index (κ3) is 4.50. The maximum atomic E-state index is 12.6. The molecule has 0 bridgehead atoms. The van der Waals surface area contributed by atoms with Crippen LogP contribution in [0.2, 0.25) is 0 Å². The smallest absolute Gasteiger partial charge is 0.332 e. The Labute approximate surface area is 198 Å². The van der Waals surface area contributed by atoms with Gasteiger partial charge in [-0.3, -0.25) is 23.3 Å². The molecular weight excluding hydrogens is 456 g/mol. The minimum atomic E-state index is -0.527. The number of methoxy groups -OCH3 is 1. The third-order valence-electron chi connectivity index (χ3n) is 5.12.